The third-order valence-electron chi connectivity index (χ3n) is 3.59. The molecule has 1 aromatic heterocycles. The largest absolute Gasteiger partial charge is 0.497 e. The number of carbonyl (C=O) groups excluding carboxylic acids is 1. The predicted octanol–water partition coefficient (Wildman–Crippen LogP) is 3.92. The van der Waals surface area contributed by atoms with E-state index in [2.05, 4.69) is 15.8 Å². The molecular weight excluding hydrogens is 318 g/mol. The molecule has 0 atom stereocenters. The molecule has 2 N–H and O–H groups in total. The van der Waals surface area contributed by atoms with Gasteiger partial charge in [0.15, 0.2) is 5.82 Å². The number of rotatable bonds is 6. The topological polar surface area (TPSA) is 76.4 Å². The number of anilines is 3. The van der Waals surface area contributed by atoms with Crippen LogP contribution in [-0.2, 0) is 11.2 Å². The van der Waals surface area contributed by atoms with Gasteiger partial charge in [-0.25, -0.2) is 0 Å². The van der Waals surface area contributed by atoms with Crippen LogP contribution in [0.3, 0.4) is 0 Å². The summed E-state index contributed by atoms with van der Waals surface area (Å²) in [7, 11) is 1.62. The van der Waals surface area contributed by atoms with Crippen molar-refractivity contribution in [2.24, 2.45) is 0 Å². The predicted molar refractivity (Wildman–Crippen MR) is 96.3 cm³/mol. The molecule has 128 valence electrons. The first-order chi connectivity index (χ1) is 12.1. The summed E-state index contributed by atoms with van der Waals surface area (Å²) in [6.07, 6.45) is 0.308. The molecule has 3 aromatic rings. The molecule has 6 heteroatoms. The molecule has 6 nitrogen and oxygen atoms in total. The third-order valence-corrected chi connectivity index (χ3v) is 3.59. The maximum Gasteiger partial charge on any atom is 0.228 e. The van der Waals surface area contributed by atoms with E-state index in [1.165, 1.54) is 0 Å². The lowest BCUT2D eigenvalue weighted by atomic mass is 10.1. The summed E-state index contributed by atoms with van der Waals surface area (Å²) in [5.74, 6) is 2.09. The highest BCUT2D eigenvalue weighted by molar-refractivity contribution is 5.92. The second-order valence-electron chi connectivity index (χ2n) is 5.60. The average Bonchev–Trinajstić information content (AvgIpc) is 3.02. The summed E-state index contributed by atoms with van der Waals surface area (Å²) >= 11 is 0. The van der Waals surface area contributed by atoms with Crippen LogP contribution >= 0.6 is 0 Å². The number of hydrogen-bond donors (Lipinski definition) is 2. The Bertz CT molecular complexity index is 839. The number of ether oxygens (including phenoxy) is 1. The van der Waals surface area contributed by atoms with Crippen molar-refractivity contribution in [1.82, 2.24) is 5.16 Å². The van der Waals surface area contributed by atoms with Gasteiger partial charge in [0.05, 0.1) is 13.5 Å². The van der Waals surface area contributed by atoms with Gasteiger partial charge in [0.1, 0.15) is 11.5 Å². The van der Waals surface area contributed by atoms with Crippen LogP contribution in [0.4, 0.5) is 17.2 Å². The van der Waals surface area contributed by atoms with Crippen LogP contribution in [-0.4, -0.2) is 18.2 Å². The highest BCUT2D eigenvalue weighted by Crippen LogP contribution is 2.19. The van der Waals surface area contributed by atoms with E-state index in [0.717, 1.165) is 28.4 Å². The van der Waals surface area contributed by atoms with Gasteiger partial charge in [0.25, 0.3) is 0 Å². The van der Waals surface area contributed by atoms with Crippen LogP contribution < -0.4 is 15.4 Å². The molecule has 1 amide bonds. The van der Waals surface area contributed by atoms with E-state index in [1.54, 1.807) is 7.11 Å². The molecule has 1 heterocycles. The quantitative estimate of drug-likeness (QED) is 0.713. The van der Waals surface area contributed by atoms with Gasteiger partial charge in [-0.05, 0) is 48.9 Å². The summed E-state index contributed by atoms with van der Waals surface area (Å²) in [5, 5.41) is 9.88. The SMILES string of the molecule is COc1ccc(CC(=O)Nc2ccc(Nc3cc(C)on3)cc2)cc1. The molecule has 0 fully saturated rings. The molecule has 0 radical (unpaired) electrons. The fourth-order valence-corrected chi connectivity index (χ4v) is 2.34. The number of aryl methyl sites for hydroxylation is 1. The highest BCUT2D eigenvalue weighted by Gasteiger charge is 2.05. The molecule has 0 aliphatic heterocycles. The minimum absolute atomic E-state index is 0.0713. The van der Waals surface area contributed by atoms with Crippen molar-refractivity contribution >= 4 is 23.1 Å². The van der Waals surface area contributed by atoms with Crippen LogP contribution in [0.2, 0.25) is 0 Å². The van der Waals surface area contributed by atoms with E-state index in [9.17, 15) is 4.79 Å². The van der Waals surface area contributed by atoms with Crippen molar-refractivity contribution in [3.63, 3.8) is 0 Å². The summed E-state index contributed by atoms with van der Waals surface area (Å²) in [6, 6.07) is 16.7. The standard InChI is InChI=1S/C19H19N3O3/c1-13-11-18(22-25-13)20-15-5-7-16(8-6-15)21-19(23)12-14-3-9-17(24-2)10-4-14/h3-11H,12H2,1-2H3,(H,20,22)(H,21,23). The van der Waals surface area contributed by atoms with E-state index < -0.39 is 0 Å². The summed E-state index contributed by atoms with van der Waals surface area (Å²) in [4.78, 5) is 12.1. The van der Waals surface area contributed by atoms with Crippen LogP contribution in [0.15, 0.2) is 59.1 Å². The Hall–Kier alpha value is -3.28. The molecular formula is C19H19N3O3. The van der Waals surface area contributed by atoms with Crippen molar-refractivity contribution in [1.29, 1.82) is 0 Å². The van der Waals surface area contributed by atoms with Crippen LogP contribution in [0, 0.1) is 6.92 Å². The fraction of sp³-hybridized carbons (Fsp3) is 0.158. The molecule has 0 aliphatic rings. The van der Waals surface area contributed by atoms with Crippen molar-refractivity contribution < 1.29 is 14.1 Å². The van der Waals surface area contributed by atoms with Crippen molar-refractivity contribution in [3.8, 4) is 5.75 Å². The summed E-state index contributed by atoms with van der Waals surface area (Å²) in [5.41, 5.74) is 2.53. The minimum atomic E-state index is -0.0713. The zero-order valence-electron chi connectivity index (χ0n) is 14.1. The Balaban J connectivity index is 1.55. The van der Waals surface area contributed by atoms with Gasteiger partial charge in [-0.3, -0.25) is 4.79 Å². The second-order valence-corrected chi connectivity index (χ2v) is 5.60. The van der Waals surface area contributed by atoms with Crippen molar-refractivity contribution in [3.05, 3.63) is 65.9 Å². The Morgan fingerprint density at radius 1 is 1.08 bits per heavy atom. The number of methoxy groups -OCH3 is 1. The van der Waals surface area contributed by atoms with E-state index in [-0.39, 0.29) is 5.91 Å². The molecule has 0 spiro atoms. The number of aromatic nitrogens is 1. The number of benzene rings is 2. The van der Waals surface area contributed by atoms with Crippen LogP contribution in [0.25, 0.3) is 0 Å². The normalized spacial score (nSPS) is 10.3. The smallest absolute Gasteiger partial charge is 0.228 e. The molecule has 25 heavy (non-hydrogen) atoms. The Labute approximate surface area is 145 Å². The molecule has 0 unspecified atom stereocenters. The van der Waals surface area contributed by atoms with E-state index in [0.29, 0.717) is 12.2 Å². The van der Waals surface area contributed by atoms with Crippen molar-refractivity contribution in [2.45, 2.75) is 13.3 Å². The number of amides is 1. The van der Waals surface area contributed by atoms with Gasteiger partial charge < -0.3 is 19.9 Å². The second kappa shape index (κ2) is 7.53. The lowest BCUT2D eigenvalue weighted by molar-refractivity contribution is -0.115. The molecule has 0 saturated carbocycles. The van der Waals surface area contributed by atoms with Gasteiger partial charge >= 0.3 is 0 Å². The fourth-order valence-electron chi connectivity index (χ4n) is 2.34. The van der Waals surface area contributed by atoms with Crippen LogP contribution in [0.1, 0.15) is 11.3 Å². The molecule has 2 aromatic carbocycles. The highest BCUT2D eigenvalue weighted by atomic mass is 16.5. The Morgan fingerprint density at radius 3 is 2.36 bits per heavy atom. The number of nitrogens with one attached hydrogen (secondary N) is 2. The van der Waals surface area contributed by atoms with E-state index >= 15 is 0 Å². The van der Waals surface area contributed by atoms with E-state index in [1.807, 2.05) is 61.5 Å². The summed E-state index contributed by atoms with van der Waals surface area (Å²) < 4.78 is 10.1. The van der Waals surface area contributed by atoms with Gasteiger partial charge in [0.2, 0.25) is 5.91 Å². The number of hydrogen-bond acceptors (Lipinski definition) is 5. The van der Waals surface area contributed by atoms with Gasteiger partial charge in [-0.15, -0.1) is 0 Å². The van der Waals surface area contributed by atoms with Gasteiger partial charge in [-0.2, -0.15) is 0 Å². The molecule has 0 aliphatic carbocycles. The first-order valence-electron chi connectivity index (χ1n) is 7.85. The summed E-state index contributed by atoms with van der Waals surface area (Å²) in [6.45, 7) is 1.83. The maximum absolute atomic E-state index is 12.1. The Morgan fingerprint density at radius 2 is 1.76 bits per heavy atom. The van der Waals surface area contributed by atoms with Crippen LogP contribution in [0.5, 0.6) is 5.75 Å². The van der Waals surface area contributed by atoms with Gasteiger partial charge in [-0.1, -0.05) is 17.3 Å². The molecule has 0 bridgehead atoms. The number of nitrogens with zero attached hydrogens (tertiary/aromatic N) is 1. The monoisotopic (exact) mass is 337 g/mol. The number of carbonyl (C=O) groups is 1. The lowest BCUT2D eigenvalue weighted by Gasteiger charge is -2.08. The first-order valence-corrected chi connectivity index (χ1v) is 7.85. The third kappa shape index (κ3) is 4.60. The van der Waals surface area contributed by atoms with E-state index in [4.69, 9.17) is 9.26 Å². The first kappa shape index (κ1) is 16.6. The minimum Gasteiger partial charge on any atom is -0.497 e. The Kier molecular flexibility index (Phi) is 4.99. The maximum atomic E-state index is 12.1. The molecule has 3 rings (SSSR count). The zero-order valence-corrected chi connectivity index (χ0v) is 14.1. The average molecular weight is 337 g/mol. The zero-order chi connectivity index (χ0) is 17.6. The lowest BCUT2D eigenvalue weighted by Crippen LogP contribution is -2.14. The van der Waals surface area contributed by atoms with Gasteiger partial charge in [0, 0.05) is 17.4 Å². The van der Waals surface area contributed by atoms with Crippen molar-refractivity contribution in [2.75, 3.05) is 17.7 Å². The molecule has 0 saturated heterocycles.